The highest BCUT2D eigenvalue weighted by Crippen LogP contribution is 2.38. The molecule has 0 atom stereocenters. The van der Waals surface area contributed by atoms with Crippen LogP contribution in [-0.2, 0) is 10.0 Å². The highest BCUT2D eigenvalue weighted by Gasteiger charge is 2.43. The predicted octanol–water partition coefficient (Wildman–Crippen LogP) is 0.951. The molecule has 0 unspecified atom stereocenters. The number of hydrazine groups is 1. The van der Waals surface area contributed by atoms with Gasteiger partial charge >= 0.3 is 0 Å². The third kappa shape index (κ3) is 3.09. The molecule has 1 aromatic carbocycles. The molecule has 0 amide bonds. The third-order valence-electron chi connectivity index (χ3n) is 3.97. The van der Waals surface area contributed by atoms with Gasteiger partial charge in [0, 0.05) is 25.9 Å². The van der Waals surface area contributed by atoms with Crippen LogP contribution in [0.3, 0.4) is 0 Å². The van der Waals surface area contributed by atoms with Crippen molar-refractivity contribution < 1.29 is 17.9 Å². The molecule has 21 heavy (non-hydrogen) atoms. The molecule has 2 heterocycles. The first-order valence-electron chi connectivity index (χ1n) is 6.91. The molecule has 1 N–H and O–H groups in total. The van der Waals surface area contributed by atoms with Crippen molar-refractivity contribution in [1.82, 2.24) is 9.84 Å². The van der Waals surface area contributed by atoms with E-state index in [1.807, 2.05) is 18.2 Å². The summed E-state index contributed by atoms with van der Waals surface area (Å²) in [6.45, 7) is 1.06. The van der Waals surface area contributed by atoms with Crippen LogP contribution in [0.5, 0.6) is 5.75 Å². The minimum Gasteiger partial charge on any atom is -0.486 e. The third-order valence-corrected chi connectivity index (χ3v) is 4.56. The van der Waals surface area contributed by atoms with Gasteiger partial charge in [-0.15, -0.1) is 4.83 Å². The topological polar surface area (TPSA) is 75.7 Å². The van der Waals surface area contributed by atoms with E-state index in [9.17, 15) is 13.2 Å². The molecule has 3 rings (SSSR count). The number of rotatable bonds is 2. The summed E-state index contributed by atoms with van der Waals surface area (Å²) in [4.78, 5) is 14.7. The number of hydrogen-bond acceptors (Lipinski definition) is 5. The van der Waals surface area contributed by atoms with Crippen molar-refractivity contribution in [3.8, 4) is 5.75 Å². The van der Waals surface area contributed by atoms with E-state index in [1.54, 1.807) is 11.1 Å². The van der Waals surface area contributed by atoms with Gasteiger partial charge in [-0.1, -0.05) is 12.1 Å². The van der Waals surface area contributed by atoms with Crippen molar-refractivity contribution in [2.24, 2.45) is 0 Å². The number of carbonyl (C=O) groups excluding carboxylic acids is 1. The Morgan fingerprint density at radius 3 is 2.57 bits per heavy atom. The number of piperidine rings is 1. The molecule has 1 saturated heterocycles. The summed E-state index contributed by atoms with van der Waals surface area (Å²) in [6, 6.07) is 7.28. The quantitative estimate of drug-likeness (QED) is 0.880. The van der Waals surface area contributed by atoms with Crippen LogP contribution < -0.4 is 9.57 Å². The summed E-state index contributed by atoms with van der Waals surface area (Å²) in [6.07, 6.45) is 2.73. The molecule has 114 valence electrons. The van der Waals surface area contributed by atoms with E-state index in [-0.39, 0.29) is 5.78 Å². The van der Waals surface area contributed by atoms with Crippen LogP contribution in [0.4, 0.5) is 0 Å². The van der Waals surface area contributed by atoms with Gasteiger partial charge in [0.15, 0.2) is 5.78 Å². The number of fused-ring (bicyclic) bond motifs is 1. The van der Waals surface area contributed by atoms with E-state index in [0.717, 1.165) is 6.26 Å². The fraction of sp³-hybridized carbons (Fsp3) is 0.500. The van der Waals surface area contributed by atoms with Crippen LogP contribution in [0.15, 0.2) is 24.3 Å². The van der Waals surface area contributed by atoms with Crippen LogP contribution >= 0.6 is 0 Å². The molecule has 2 aliphatic rings. The van der Waals surface area contributed by atoms with Gasteiger partial charge in [0.05, 0.1) is 18.2 Å². The molecular weight excluding hydrogens is 292 g/mol. The lowest BCUT2D eigenvalue weighted by atomic mass is 9.83. The Balaban J connectivity index is 1.73. The number of nitrogens with one attached hydrogen (secondary N) is 1. The van der Waals surface area contributed by atoms with Gasteiger partial charge in [-0.3, -0.25) is 4.79 Å². The maximum atomic E-state index is 12.3. The van der Waals surface area contributed by atoms with Crippen LogP contribution in [0, 0.1) is 0 Å². The highest BCUT2D eigenvalue weighted by atomic mass is 32.2. The summed E-state index contributed by atoms with van der Waals surface area (Å²) >= 11 is 0. The van der Waals surface area contributed by atoms with Crippen molar-refractivity contribution in [2.75, 3.05) is 19.3 Å². The Kier molecular flexibility index (Phi) is 3.51. The number of ketones is 1. The number of benzene rings is 1. The first-order chi connectivity index (χ1) is 9.87. The fourth-order valence-corrected chi connectivity index (χ4v) is 3.61. The molecule has 1 aromatic rings. The van der Waals surface area contributed by atoms with Crippen LogP contribution in [0.1, 0.15) is 29.6 Å². The summed E-state index contributed by atoms with van der Waals surface area (Å²) < 4.78 is 28.6. The fourth-order valence-electron chi connectivity index (χ4n) is 2.96. The van der Waals surface area contributed by atoms with Gasteiger partial charge in [0.25, 0.3) is 0 Å². The van der Waals surface area contributed by atoms with Crippen molar-refractivity contribution in [3.05, 3.63) is 29.8 Å². The maximum Gasteiger partial charge on any atom is 0.221 e. The van der Waals surface area contributed by atoms with E-state index in [2.05, 4.69) is 4.83 Å². The van der Waals surface area contributed by atoms with Crippen molar-refractivity contribution >= 4 is 15.8 Å². The summed E-state index contributed by atoms with van der Waals surface area (Å²) in [5.41, 5.74) is 0.140. The van der Waals surface area contributed by atoms with Gasteiger partial charge < -0.3 is 4.74 Å². The summed E-state index contributed by atoms with van der Waals surface area (Å²) in [5, 5.41) is 1.66. The van der Waals surface area contributed by atoms with Gasteiger partial charge in [-0.2, -0.15) is 0 Å². The number of carbonyl (C=O) groups is 1. The number of Topliss-reactive ketones (excluding diaryl/α,β-unsaturated/α-hetero) is 1. The van der Waals surface area contributed by atoms with Crippen LogP contribution in [-0.4, -0.2) is 44.2 Å². The van der Waals surface area contributed by atoms with Crippen LogP contribution in [0.25, 0.3) is 0 Å². The number of nitrogens with zero attached hydrogens (tertiary/aromatic N) is 1. The normalized spacial score (nSPS) is 21.9. The molecule has 0 bridgehead atoms. The molecule has 1 spiro atoms. The second kappa shape index (κ2) is 5.08. The maximum absolute atomic E-state index is 12.3. The van der Waals surface area contributed by atoms with Crippen molar-refractivity contribution in [3.63, 3.8) is 0 Å². The van der Waals surface area contributed by atoms with Crippen molar-refractivity contribution in [2.45, 2.75) is 24.9 Å². The number of para-hydroxylation sites is 1. The van der Waals surface area contributed by atoms with Gasteiger partial charge in [-0.05, 0) is 12.1 Å². The number of hydrogen-bond donors (Lipinski definition) is 1. The van der Waals surface area contributed by atoms with E-state index in [0.29, 0.717) is 43.7 Å². The predicted molar refractivity (Wildman–Crippen MR) is 77.5 cm³/mol. The Morgan fingerprint density at radius 1 is 1.24 bits per heavy atom. The second-order valence-corrected chi connectivity index (χ2v) is 7.46. The average Bonchev–Trinajstić information content (AvgIpc) is 2.40. The first-order valence-corrected chi connectivity index (χ1v) is 8.80. The van der Waals surface area contributed by atoms with E-state index in [1.165, 1.54) is 0 Å². The molecule has 7 heteroatoms. The lowest BCUT2D eigenvalue weighted by Crippen LogP contribution is -2.55. The Labute approximate surface area is 124 Å². The lowest BCUT2D eigenvalue weighted by molar-refractivity contribution is -0.0141. The second-order valence-electron chi connectivity index (χ2n) is 5.73. The molecule has 6 nitrogen and oxygen atoms in total. The van der Waals surface area contributed by atoms with E-state index < -0.39 is 15.6 Å². The van der Waals surface area contributed by atoms with Gasteiger partial charge in [-0.25, -0.2) is 13.4 Å². The standard InChI is InChI=1S/C14H18N2O4S/c1-21(18,19)15-16-8-6-14(7-9-16)10-12(17)11-4-2-3-5-13(11)20-14/h2-5,15H,6-10H2,1H3. The zero-order valence-corrected chi connectivity index (χ0v) is 12.6. The monoisotopic (exact) mass is 310 g/mol. The van der Waals surface area contributed by atoms with E-state index in [4.69, 9.17) is 4.74 Å². The van der Waals surface area contributed by atoms with E-state index >= 15 is 0 Å². The molecule has 0 radical (unpaired) electrons. The minimum absolute atomic E-state index is 0.0985. The first kappa shape index (κ1) is 14.5. The number of sulfonamides is 1. The highest BCUT2D eigenvalue weighted by molar-refractivity contribution is 7.88. The average molecular weight is 310 g/mol. The largest absolute Gasteiger partial charge is 0.486 e. The van der Waals surface area contributed by atoms with Crippen LogP contribution in [0.2, 0.25) is 0 Å². The molecular formula is C14H18N2O4S. The molecule has 0 aromatic heterocycles. The Bertz CT molecular complexity index is 663. The lowest BCUT2D eigenvalue weighted by Gasteiger charge is -2.43. The number of ether oxygens (including phenoxy) is 1. The Hall–Kier alpha value is -1.44. The summed E-state index contributed by atoms with van der Waals surface area (Å²) in [7, 11) is -3.26. The molecule has 0 aliphatic carbocycles. The minimum atomic E-state index is -3.26. The van der Waals surface area contributed by atoms with Gasteiger partial charge in [0.1, 0.15) is 11.4 Å². The zero-order chi connectivity index (χ0) is 15.1. The summed E-state index contributed by atoms with van der Waals surface area (Å²) in [5.74, 6) is 0.736. The Morgan fingerprint density at radius 2 is 1.90 bits per heavy atom. The van der Waals surface area contributed by atoms with Gasteiger partial charge in [0.2, 0.25) is 10.0 Å². The van der Waals surface area contributed by atoms with Crippen molar-refractivity contribution in [1.29, 1.82) is 0 Å². The molecule has 2 aliphatic heterocycles. The zero-order valence-electron chi connectivity index (χ0n) is 11.8. The smallest absolute Gasteiger partial charge is 0.221 e. The molecule has 0 saturated carbocycles. The molecule has 1 fully saturated rings. The SMILES string of the molecule is CS(=O)(=O)NN1CCC2(CC1)CC(=O)c1ccccc1O2.